The topological polar surface area (TPSA) is 41.1 Å². The number of rotatable bonds is 16. The molecule has 36 heavy (non-hydrogen) atoms. The van der Waals surface area contributed by atoms with Crippen molar-refractivity contribution in [2.75, 3.05) is 11.5 Å². The molecule has 0 saturated carbocycles. The van der Waals surface area contributed by atoms with Crippen molar-refractivity contribution in [3.8, 4) is 0 Å². The molecule has 0 rings (SSSR count). The molecule has 0 unspecified atom stereocenters. The second-order valence-electron chi connectivity index (χ2n) is 9.41. The summed E-state index contributed by atoms with van der Waals surface area (Å²) >= 11 is 1.98. The number of hydrogen-bond donors (Lipinski definition) is 2. The molecular formula is C32H62N2OS. The summed E-state index contributed by atoms with van der Waals surface area (Å²) in [6.07, 6.45) is 15.8. The molecule has 0 spiro atoms. The van der Waals surface area contributed by atoms with Gasteiger partial charge in [-0.25, -0.2) is 0 Å². The minimum absolute atomic E-state index is 0.244. The van der Waals surface area contributed by atoms with Gasteiger partial charge in [-0.2, -0.15) is 11.8 Å². The largest absolute Gasteiger partial charge is 0.309 e. The van der Waals surface area contributed by atoms with Gasteiger partial charge < -0.3 is 15.6 Å². The van der Waals surface area contributed by atoms with Crippen LogP contribution in [0, 0.1) is 5.92 Å². The predicted octanol–water partition coefficient (Wildman–Crippen LogP) is 10.3. The zero-order chi connectivity index (χ0) is 28.8. The third-order valence-corrected chi connectivity index (χ3v) is 5.44. The lowest BCUT2D eigenvalue weighted by Gasteiger charge is -2.10. The van der Waals surface area contributed by atoms with Crippen LogP contribution in [0.2, 0.25) is 0 Å². The average molecular weight is 523 g/mol. The monoisotopic (exact) mass is 522 g/mol. The second-order valence-corrected chi connectivity index (χ2v) is 10.5. The number of carbonyl (C=O) groups is 1. The van der Waals surface area contributed by atoms with E-state index in [9.17, 15) is 4.79 Å². The van der Waals surface area contributed by atoms with E-state index in [-0.39, 0.29) is 5.78 Å². The van der Waals surface area contributed by atoms with Crippen molar-refractivity contribution < 1.29 is 4.79 Å². The number of ketones is 1. The van der Waals surface area contributed by atoms with Crippen molar-refractivity contribution in [1.29, 1.82) is 0 Å². The van der Waals surface area contributed by atoms with E-state index >= 15 is 0 Å². The molecule has 0 radical (unpaired) electrons. The van der Waals surface area contributed by atoms with E-state index in [0.717, 1.165) is 49.3 Å². The van der Waals surface area contributed by atoms with Gasteiger partial charge in [0.1, 0.15) is 5.78 Å². The highest BCUT2D eigenvalue weighted by atomic mass is 32.2. The van der Waals surface area contributed by atoms with Gasteiger partial charge in [-0.05, 0) is 78.4 Å². The number of Topliss-reactive ketones (excluding diaryl/α,β-unsaturated/α-hetero) is 1. The fourth-order valence-electron chi connectivity index (χ4n) is 2.38. The Morgan fingerprint density at radius 2 is 1.44 bits per heavy atom. The maximum atomic E-state index is 10.3. The SMILES string of the molecule is C=C(C)CCC(C)=O.C=CNN/C(=C\CSCC(C)C)CC/C=C(\C)CCC=C(C)C.CC.CCC. The first-order chi connectivity index (χ1) is 17.0. The van der Waals surface area contributed by atoms with Crippen LogP contribution in [-0.2, 0) is 4.79 Å². The molecule has 0 bridgehead atoms. The van der Waals surface area contributed by atoms with Crippen molar-refractivity contribution in [3.63, 3.8) is 0 Å². The van der Waals surface area contributed by atoms with Crippen molar-refractivity contribution >= 4 is 17.5 Å². The Hall–Kier alpha value is -1.68. The summed E-state index contributed by atoms with van der Waals surface area (Å²) in [6, 6.07) is 0. The highest BCUT2D eigenvalue weighted by Crippen LogP contribution is 2.12. The summed E-state index contributed by atoms with van der Waals surface area (Å²) in [7, 11) is 0. The minimum Gasteiger partial charge on any atom is -0.309 e. The van der Waals surface area contributed by atoms with Crippen LogP contribution in [-0.4, -0.2) is 17.3 Å². The average Bonchev–Trinajstić information content (AvgIpc) is 2.80. The molecule has 4 heteroatoms. The summed E-state index contributed by atoms with van der Waals surface area (Å²) in [5, 5.41) is 0. The van der Waals surface area contributed by atoms with Crippen LogP contribution in [0.15, 0.2) is 60.0 Å². The van der Waals surface area contributed by atoms with Gasteiger partial charge in [-0.1, -0.05) is 89.5 Å². The Balaban J connectivity index is -0.000000325. The summed E-state index contributed by atoms with van der Waals surface area (Å²) < 4.78 is 0. The number of carbonyl (C=O) groups excluding carboxylic acids is 1. The Morgan fingerprint density at radius 1 is 0.889 bits per heavy atom. The van der Waals surface area contributed by atoms with Gasteiger partial charge in [0.05, 0.1) is 0 Å². The normalized spacial score (nSPS) is 10.4. The molecule has 0 aliphatic rings. The molecule has 3 nitrogen and oxygen atoms in total. The molecule has 0 saturated heterocycles. The highest BCUT2D eigenvalue weighted by Gasteiger charge is 1.98. The standard InChI is InChI=1S/C20H36N2S.C7H12O.C3H8.C2H6/c1-7-21-22-20(14-15-23-16-18(4)5)13-9-12-19(6)11-8-10-17(2)3;1-6(2)4-5-7(3)8;1-3-2;1-2/h7,10,12,14,18,21-22H,1,8-9,11,13,15-16H2,2-6H3;1,4-5H2,2-3H3;3H2,1-2H3;1-2H3/b19-12+,20-14-;;;. The van der Waals surface area contributed by atoms with Crippen LogP contribution < -0.4 is 10.9 Å². The quantitative estimate of drug-likeness (QED) is 0.120. The molecule has 0 aromatic carbocycles. The molecule has 0 aliphatic heterocycles. The van der Waals surface area contributed by atoms with Crippen molar-refractivity contribution in [2.45, 2.75) is 121 Å². The Kier molecular flexibility index (Phi) is 38.4. The van der Waals surface area contributed by atoms with Gasteiger partial charge in [0.25, 0.3) is 0 Å². The Morgan fingerprint density at radius 3 is 1.86 bits per heavy atom. The fourth-order valence-corrected chi connectivity index (χ4v) is 3.30. The van der Waals surface area contributed by atoms with Gasteiger partial charge in [0.2, 0.25) is 0 Å². The van der Waals surface area contributed by atoms with Crippen LogP contribution in [0.3, 0.4) is 0 Å². The lowest BCUT2D eigenvalue weighted by molar-refractivity contribution is -0.116. The summed E-state index contributed by atoms with van der Waals surface area (Å²) in [6.45, 7) is 30.2. The Bertz CT molecular complexity index is 598. The molecule has 0 aromatic rings. The molecule has 212 valence electrons. The number of thioether (sulfide) groups is 1. The summed E-state index contributed by atoms with van der Waals surface area (Å²) in [4.78, 5) is 10.3. The molecule has 0 atom stereocenters. The first-order valence-corrected chi connectivity index (χ1v) is 15.0. The fraction of sp³-hybridized carbons (Fsp3) is 0.656. The lowest BCUT2D eigenvalue weighted by atomic mass is 10.1. The first-order valence-electron chi connectivity index (χ1n) is 13.8. The summed E-state index contributed by atoms with van der Waals surface area (Å²) in [5.41, 5.74) is 11.4. The van der Waals surface area contributed by atoms with Gasteiger partial charge >= 0.3 is 0 Å². The maximum absolute atomic E-state index is 10.3. The zero-order valence-electron chi connectivity index (χ0n) is 26.0. The third kappa shape index (κ3) is 45.8. The first kappa shape index (κ1) is 41.4. The van der Waals surface area contributed by atoms with E-state index in [2.05, 4.69) is 90.7 Å². The van der Waals surface area contributed by atoms with Crippen molar-refractivity contribution in [3.05, 3.63) is 60.0 Å². The molecular weight excluding hydrogens is 460 g/mol. The third-order valence-electron chi connectivity index (χ3n) is 4.14. The second kappa shape index (κ2) is 33.3. The van der Waals surface area contributed by atoms with Gasteiger partial charge in [0, 0.05) is 24.1 Å². The van der Waals surface area contributed by atoms with E-state index < -0.39 is 0 Å². The highest BCUT2D eigenvalue weighted by molar-refractivity contribution is 7.99. The molecule has 0 aromatic heterocycles. The number of allylic oxidation sites excluding steroid dienone is 6. The van der Waals surface area contributed by atoms with Crippen LogP contribution in [0.5, 0.6) is 0 Å². The number of nitrogens with one attached hydrogen (secondary N) is 2. The number of hydrogen-bond acceptors (Lipinski definition) is 4. The van der Waals surface area contributed by atoms with Gasteiger partial charge in [0.15, 0.2) is 0 Å². The summed E-state index contributed by atoms with van der Waals surface area (Å²) in [5.74, 6) is 3.26. The van der Waals surface area contributed by atoms with Crippen molar-refractivity contribution in [1.82, 2.24) is 10.9 Å². The maximum Gasteiger partial charge on any atom is 0.130 e. The molecule has 0 fully saturated rings. The van der Waals surface area contributed by atoms with Crippen molar-refractivity contribution in [2.24, 2.45) is 5.92 Å². The van der Waals surface area contributed by atoms with E-state index in [1.165, 1.54) is 29.0 Å². The van der Waals surface area contributed by atoms with Gasteiger partial charge in [-0.15, -0.1) is 6.58 Å². The van der Waals surface area contributed by atoms with E-state index in [0.29, 0.717) is 6.42 Å². The number of hydrazine groups is 1. The van der Waals surface area contributed by atoms with E-state index in [1.807, 2.05) is 32.5 Å². The minimum atomic E-state index is 0.244. The molecule has 0 aliphatic carbocycles. The zero-order valence-corrected chi connectivity index (χ0v) is 26.8. The van der Waals surface area contributed by atoms with Crippen LogP contribution in [0.4, 0.5) is 0 Å². The van der Waals surface area contributed by atoms with E-state index in [4.69, 9.17) is 0 Å². The molecule has 0 amide bonds. The molecule has 0 heterocycles. The van der Waals surface area contributed by atoms with Crippen LogP contribution in [0.25, 0.3) is 0 Å². The molecule has 2 N–H and O–H groups in total. The predicted molar refractivity (Wildman–Crippen MR) is 170 cm³/mol. The smallest absolute Gasteiger partial charge is 0.130 e. The van der Waals surface area contributed by atoms with Crippen LogP contribution >= 0.6 is 11.8 Å². The van der Waals surface area contributed by atoms with Crippen LogP contribution in [0.1, 0.15) is 121 Å². The lowest BCUT2D eigenvalue weighted by Crippen LogP contribution is -2.25. The van der Waals surface area contributed by atoms with E-state index in [1.54, 1.807) is 13.1 Å². The Labute approximate surface area is 231 Å². The van der Waals surface area contributed by atoms with Gasteiger partial charge in [-0.3, -0.25) is 0 Å².